The number of ether oxygens (including phenoxy) is 1. The van der Waals surface area contributed by atoms with Crippen molar-refractivity contribution < 1.29 is 9.53 Å². The van der Waals surface area contributed by atoms with E-state index in [0.29, 0.717) is 6.61 Å². The molecule has 1 atom stereocenters. The number of carbonyl (C=O) groups excluding carboxylic acids is 1. The normalized spacial score (nSPS) is 17.7. The van der Waals surface area contributed by atoms with Crippen LogP contribution in [-0.2, 0) is 4.74 Å². The van der Waals surface area contributed by atoms with E-state index in [0.717, 1.165) is 32.2 Å². The van der Waals surface area contributed by atoms with Gasteiger partial charge < -0.3 is 4.74 Å². The maximum Gasteiger partial charge on any atom is 0.414 e. The smallest absolute Gasteiger partial charge is 0.414 e. The van der Waals surface area contributed by atoms with Crippen LogP contribution in [0.1, 0.15) is 12.6 Å². The fourth-order valence-corrected chi connectivity index (χ4v) is 3.51. The van der Waals surface area contributed by atoms with Crippen LogP contribution in [0.15, 0.2) is 30.7 Å². The topological polar surface area (TPSA) is 68.2 Å². The highest BCUT2D eigenvalue weighted by molar-refractivity contribution is 7.21. The quantitative estimate of drug-likeness (QED) is 0.722. The Morgan fingerprint density at radius 1 is 1.30 bits per heavy atom. The molecule has 0 aliphatic carbocycles. The monoisotopic (exact) mass is 326 g/mol. The van der Waals surface area contributed by atoms with E-state index in [9.17, 15) is 4.79 Å². The molecule has 0 spiro atoms. The van der Waals surface area contributed by atoms with Crippen LogP contribution < -0.4 is 4.90 Å². The fraction of sp³-hybridized carbons (Fsp3) is 0.250. The molecule has 4 rings (SSSR count). The summed E-state index contributed by atoms with van der Waals surface area (Å²) in [6.07, 6.45) is 4.93. The zero-order valence-corrected chi connectivity index (χ0v) is 13.5. The molecule has 1 aliphatic rings. The number of nitrogens with zero attached hydrogens (tertiary/aromatic N) is 4. The van der Waals surface area contributed by atoms with Gasteiger partial charge in [0, 0.05) is 23.7 Å². The van der Waals surface area contributed by atoms with E-state index in [1.807, 2.05) is 32.2 Å². The molecule has 0 saturated carbocycles. The summed E-state index contributed by atoms with van der Waals surface area (Å²) in [6, 6.07) is 3.89. The van der Waals surface area contributed by atoms with Crippen LogP contribution in [0.25, 0.3) is 20.8 Å². The first-order chi connectivity index (χ1) is 11.1. The Morgan fingerprint density at radius 3 is 2.96 bits per heavy atom. The van der Waals surface area contributed by atoms with Crippen molar-refractivity contribution in [3.63, 3.8) is 0 Å². The number of thiazole rings is 1. The van der Waals surface area contributed by atoms with Crippen LogP contribution in [-0.4, -0.2) is 33.7 Å². The number of carbonyl (C=O) groups is 1. The molecular formula is C16H14N4O2S. The number of cyclic esters (lactones) is 1. The van der Waals surface area contributed by atoms with E-state index < -0.39 is 0 Å². The van der Waals surface area contributed by atoms with Gasteiger partial charge >= 0.3 is 6.09 Å². The zero-order valence-electron chi connectivity index (χ0n) is 12.7. The standard InChI is InChI=1S/C16H14N4O2S/c1-9-3-13-14(7-18-9)23-15(19-13)11-4-12(6-17-5-11)20-10(2)8-22-16(20)21/h3-7,10H,8H2,1-2H3/t10-/m1/s1. The molecule has 116 valence electrons. The van der Waals surface area contributed by atoms with Gasteiger partial charge in [0.05, 0.1) is 28.1 Å². The second kappa shape index (κ2) is 5.27. The highest BCUT2D eigenvalue weighted by Gasteiger charge is 2.31. The Hall–Kier alpha value is -2.54. The van der Waals surface area contributed by atoms with E-state index in [-0.39, 0.29) is 12.1 Å². The van der Waals surface area contributed by atoms with Crippen molar-refractivity contribution in [3.05, 3.63) is 36.4 Å². The largest absolute Gasteiger partial charge is 0.447 e. The maximum atomic E-state index is 11.9. The number of hydrogen-bond acceptors (Lipinski definition) is 6. The zero-order chi connectivity index (χ0) is 16.0. The third kappa shape index (κ3) is 2.43. The predicted molar refractivity (Wildman–Crippen MR) is 88.7 cm³/mol. The Labute approximate surface area is 136 Å². The molecule has 1 amide bonds. The molecule has 0 radical (unpaired) electrons. The van der Waals surface area contributed by atoms with Crippen molar-refractivity contribution in [1.29, 1.82) is 0 Å². The Bertz CT molecular complexity index is 908. The molecule has 0 aromatic carbocycles. The lowest BCUT2D eigenvalue weighted by Gasteiger charge is -2.17. The fourth-order valence-electron chi connectivity index (χ4n) is 2.61. The van der Waals surface area contributed by atoms with Crippen molar-refractivity contribution in [1.82, 2.24) is 15.0 Å². The van der Waals surface area contributed by atoms with Gasteiger partial charge in [-0.15, -0.1) is 11.3 Å². The number of anilines is 1. The third-order valence-corrected chi connectivity index (χ3v) is 4.80. The number of amides is 1. The van der Waals surface area contributed by atoms with E-state index >= 15 is 0 Å². The first kappa shape index (κ1) is 14.1. The first-order valence-corrected chi connectivity index (χ1v) is 8.08. The van der Waals surface area contributed by atoms with Crippen LogP contribution in [0.5, 0.6) is 0 Å². The second-order valence-electron chi connectivity index (χ2n) is 5.54. The molecule has 1 fully saturated rings. The lowest BCUT2D eigenvalue weighted by atomic mass is 10.2. The Morgan fingerprint density at radius 2 is 2.17 bits per heavy atom. The SMILES string of the molecule is Cc1cc2nc(-c3cncc(N4C(=O)OC[C@H]4C)c3)sc2cn1. The van der Waals surface area contributed by atoms with Crippen LogP contribution in [0.4, 0.5) is 10.5 Å². The number of fused-ring (bicyclic) bond motifs is 1. The van der Waals surface area contributed by atoms with Crippen LogP contribution in [0, 0.1) is 6.92 Å². The average Bonchev–Trinajstić information content (AvgIpc) is 3.10. The van der Waals surface area contributed by atoms with Crippen molar-refractivity contribution in [2.45, 2.75) is 19.9 Å². The minimum Gasteiger partial charge on any atom is -0.447 e. The highest BCUT2D eigenvalue weighted by Crippen LogP contribution is 2.32. The summed E-state index contributed by atoms with van der Waals surface area (Å²) in [5, 5.41) is 0.863. The molecule has 4 heterocycles. The molecule has 6 nitrogen and oxygen atoms in total. The van der Waals surface area contributed by atoms with E-state index in [2.05, 4.69) is 15.0 Å². The van der Waals surface area contributed by atoms with Crippen molar-refractivity contribution >= 4 is 33.3 Å². The summed E-state index contributed by atoms with van der Waals surface area (Å²) in [6.45, 7) is 4.29. The predicted octanol–water partition coefficient (Wildman–Crippen LogP) is 3.41. The lowest BCUT2D eigenvalue weighted by Crippen LogP contribution is -2.30. The average molecular weight is 326 g/mol. The Balaban J connectivity index is 1.76. The molecule has 0 unspecified atom stereocenters. The molecule has 23 heavy (non-hydrogen) atoms. The van der Waals surface area contributed by atoms with E-state index in [4.69, 9.17) is 4.74 Å². The summed E-state index contributed by atoms with van der Waals surface area (Å²) in [7, 11) is 0. The van der Waals surface area contributed by atoms with Gasteiger partial charge in [-0.1, -0.05) is 0 Å². The Kier molecular flexibility index (Phi) is 3.23. The number of aromatic nitrogens is 3. The lowest BCUT2D eigenvalue weighted by molar-refractivity contribution is 0.179. The van der Waals surface area contributed by atoms with Crippen LogP contribution in [0.3, 0.4) is 0 Å². The van der Waals surface area contributed by atoms with Gasteiger partial charge in [-0.3, -0.25) is 14.9 Å². The van der Waals surface area contributed by atoms with Gasteiger partial charge in [-0.2, -0.15) is 0 Å². The van der Waals surface area contributed by atoms with Crippen molar-refractivity contribution in [2.24, 2.45) is 0 Å². The van der Waals surface area contributed by atoms with Gasteiger partial charge in [0.15, 0.2) is 0 Å². The molecule has 1 saturated heterocycles. The van der Waals surface area contributed by atoms with Crippen LogP contribution in [0.2, 0.25) is 0 Å². The number of aryl methyl sites for hydroxylation is 1. The summed E-state index contributed by atoms with van der Waals surface area (Å²) in [5.74, 6) is 0. The highest BCUT2D eigenvalue weighted by atomic mass is 32.1. The molecule has 3 aromatic rings. The third-order valence-electron chi connectivity index (χ3n) is 3.75. The molecule has 3 aromatic heterocycles. The molecule has 0 bridgehead atoms. The summed E-state index contributed by atoms with van der Waals surface area (Å²) in [4.78, 5) is 26.7. The van der Waals surface area contributed by atoms with Gasteiger partial charge in [0.25, 0.3) is 0 Å². The molecule has 7 heteroatoms. The van der Waals surface area contributed by atoms with Crippen molar-refractivity contribution in [3.8, 4) is 10.6 Å². The van der Waals surface area contributed by atoms with Crippen molar-refractivity contribution in [2.75, 3.05) is 11.5 Å². The molecule has 1 aliphatic heterocycles. The maximum absolute atomic E-state index is 11.9. The summed E-state index contributed by atoms with van der Waals surface area (Å²) >= 11 is 1.56. The first-order valence-electron chi connectivity index (χ1n) is 7.26. The summed E-state index contributed by atoms with van der Waals surface area (Å²) in [5.41, 5.74) is 3.48. The summed E-state index contributed by atoms with van der Waals surface area (Å²) < 4.78 is 6.11. The minimum atomic E-state index is -0.333. The molecule has 0 N–H and O–H groups in total. The number of pyridine rings is 2. The molecular weight excluding hydrogens is 312 g/mol. The van der Waals surface area contributed by atoms with Gasteiger partial charge in [0.2, 0.25) is 0 Å². The minimum absolute atomic E-state index is 0.00164. The van der Waals surface area contributed by atoms with E-state index in [1.165, 1.54) is 0 Å². The van der Waals surface area contributed by atoms with Gasteiger partial charge in [-0.25, -0.2) is 9.78 Å². The number of rotatable bonds is 2. The van der Waals surface area contributed by atoms with Gasteiger partial charge in [-0.05, 0) is 26.0 Å². The number of hydrogen-bond donors (Lipinski definition) is 0. The van der Waals surface area contributed by atoms with Gasteiger partial charge in [0.1, 0.15) is 11.6 Å². The van der Waals surface area contributed by atoms with Crippen LogP contribution >= 0.6 is 11.3 Å². The second-order valence-corrected chi connectivity index (χ2v) is 6.57. The van der Waals surface area contributed by atoms with E-state index in [1.54, 1.807) is 28.6 Å².